The Morgan fingerprint density at radius 2 is 0.710 bits per heavy atom. The van der Waals surface area contributed by atoms with Crippen molar-refractivity contribution in [1.82, 2.24) is 9.97 Å². The summed E-state index contributed by atoms with van der Waals surface area (Å²) in [6, 6.07) is 79.5. The fourth-order valence-corrected chi connectivity index (χ4v) is 10.3. The molecule has 0 atom stereocenters. The number of hydrogen-bond acceptors (Lipinski definition) is 2. The molecule has 0 radical (unpaired) electrons. The number of aromatic nitrogens is 2. The van der Waals surface area contributed by atoms with E-state index >= 15 is 0 Å². The molecule has 0 aliphatic rings. The van der Waals surface area contributed by atoms with E-state index in [1.54, 1.807) is 0 Å². The van der Waals surface area contributed by atoms with Gasteiger partial charge in [-0.3, -0.25) is 0 Å². The lowest BCUT2D eigenvalue weighted by atomic mass is 9.82. The van der Waals surface area contributed by atoms with Crippen molar-refractivity contribution >= 4 is 86.3 Å². The van der Waals surface area contributed by atoms with Crippen molar-refractivity contribution in [3.8, 4) is 44.9 Å². The van der Waals surface area contributed by atoms with Crippen molar-refractivity contribution in [2.75, 3.05) is 0 Å². The van der Waals surface area contributed by atoms with Crippen LogP contribution in [0.15, 0.2) is 218 Å². The van der Waals surface area contributed by atoms with E-state index < -0.39 is 0 Å². The summed E-state index contributed by atoms with van der Waals surface area (Å²) in [5, 5.41) is 18.7. The van der Waals surface area contributed by atoms with Crippen LogP contribution in [0.2, 0.25) is 0 Å². The minimum Gasteiger partial charge on any atom is -0.228 e. The van der Waals surface area contributed by atoms with E-state index in [0.717, 1.165) is 39.1 Å². The molecule has 0 amide bonds. The minimum absolute atomic E-state index is 0.718. The molecule has 0 aliphatic heterocycles. The fraction of sp³-hybridized carbons (Fsp3) is 0. The minimum atomic E-state index is 0.718. The van der Waals surface area contributed by atoms with Gasteiger partial charge in [-0.25, -0.2) is 9.97 Å². The second kappa shape index (κ2) is 13.7. The maximum absolute atomic E-state index is 5.17. The molecule has 1 aromatic heterocycles. The van der Waals surface area contributed by atoms with Crippen LogP contribution in [0.25, 0.3) is 131 Å². The smallest absolute Gasteiger partial charge is 0.160 e. The molecular formula is C60H36N2. The van der Waals surface area contributed by atoms with Gasteiger partial charge in [-0.2, -0.15) is 0 Å². The predicted octanol–water partition coefficient (Wildman–Crippen LogP) is 16.4. The van der Waals surface area contributed by atoms with Crippen molar-refractivity contribution in [1.29, 1.82) is 0 Å². The van der Waals surface area contributed by atoms with Crippen LogP contribution in [-0.4, -0.2) is 9.97 Å². The Bertz CT molecular complexity index is 3900. The molecule has 0 unspecified atom stereocenters. The first-order valence-corrected chi connectivity index (χ1v) is 21.3. The molecule has 0 bridgehead atoms. The predicted molar refractivity (Wildman–Crippen MR) is 264 cm³/mol. The molecule has 0 fully saturated rings. The van der Waals surface area contributed by atoms with Crippen LogP contribution in [0, 0.1) is 0 Å². The molecule has 13 aromatic rings. The zero-order chi connectivity index (χ0) is 40.7. The molecule has 286 valence electrons. The highest BCUT2D eigenvalue weighted by atomic mass is 14.9. The van der Waals surface area contributed by atoms with Gasteiger partial charge in [0.15, 0.2) is 5.82 Å². The topological polar surface area (TPSA) is 25.8 Å². The summed E-state index contributed by atoms with van der Waals surface area (Å²) in [4.78, 5) is 10.2. The number of nitrogens with zero attached hydrogens (tertiary/aromatic N) is 2. The van der Waals surface area contributed by atoms with Crippen LogP contribution >= 0.6 is 0 Å². The van der Waals surface area contributed by atoms with Crippen LogP contribution in [0.1, 0.15) is 0 Å². The Labute approximate surface area is 358 Å². The Hall–Kier alpha value is -8.20. The maximum Gasteiger partial charge on any atom is 0.160 e. The van der Waals surface area contributed by atoms with Gasteiger partial charge < -0.3 is 0 Å². The van der Waals surface area contributed by atoms with E-state index in [-0.39, 0.29) is 0 Å². The molecule has 0 spiro atoms. The van der Waals surface area contributed by atoms with Crippen LogP contribution < -0.4 is 0 Å². The Morgan fingerprint density at radius 3 is 1.34 bits per heavy atom. The van der Waals surface area contributed by atoms with Crippen LogP contribution in [0.3, 0.4) is 0 Å². The number of hydrogen-bond donors (Lipinski definition) is 0. The summed E-state index contributed by atoms with van der Waals surface area (Å²) < 4.78 is 0. The monoisotopic (exact) mass is 784 g/mol. The number of fused-ring (bicyclic) bond motifs is 8. The van der Waals surface area contributed by atoms with Crippen LogP contribution in [0.4, 0.5) is 0 Å². The quantitative estimate of drug-likeness (QED) is 0.131. The van der Waals surface area contributed by atoms with Crippen molar-refractivity contribution in [3.63, 3.8) is 0 Å². The zero-order valence-corrected chi connectivity index (χ0v) is 33.7. The Kier molecular flexibility index (Phi) is 7.64. The van der Waals surface area contributed by atoms with Crippen molar-refractivity contribution in [2.45, 2.75) is 0 Å². The van der Waals surface area contributed by atoms with E-state index in [9.17, 15) is 0 Å². The molecule has 13 rings (SSSR count). The molecule has 0 saturated heterocycles. The van der Waals surface area contributed by atoms with Gasteiger partial charge in [-0.05, 0) is 110 Å². The van der Waals surface area contributed by atoms with Gasteiger partial charge in [-0.15, -0.1) is 0 Å². The van der Waals surface area contributed by atoms with Gasteiger partial charge >= 0.3 is 0 Å². The standard InChI is InChI=1S/C60H36N2/c1-2-16-38(17-3-1)59-52-27-12-13-31-54(52)61-60(62-59)39-34-32-37(33-35-39)55-47-23-8-10-25-49(47)57(50-26-11-9-24-48(50)55)53-36-40-18-14-28-45-43-21-6-4-19-41(43)42-20-5-7-22-44(42)46-29-15-30-51(53)58(46)56(40)45/h1-36H. The first kappa shape index (κ1) is 34.6. The van der Waals surface area contributed by atoms with Crippen LogP contribution in [-0.2, 0) is 0 Å². The first-order valence-electron chi connectivity index (χ1n) is 21.3. The van der Waals surface area contributed by atoms with Gasteiger partial charge in [0.25, 0.3) is 0 Å². The molecule has 0 N–H and O–H groups in total. The third-order valence-electron chi connectivity index (χ3n) is 13.0. The number of benzene rings is 11. The van der Waals surface area contributed by atoms with Gasteiger partial charge in [0, 0.05) is 16.5 Å². The number of para-hydroxylation sites is 1. The van der Waals surface area contributed by atoms with E-state index in [2.05, 4.69) is 206 Å². The molecule has 2 nitrogen and oxygen atoms in total. The molecule has 1 heterocycles. The van der Waals surface area contributed by atoms with Crippen molar-refractivity contribution < 1.29 is 0 Å². The highest BCUT2D eigenvalue weighted by Gasteiger charge is 2.21. The second-order valence-electron chi connectivity index (χ2n) is 16.3. The average molecular weight is 785 g/mol. The molecule has 62 heavy (non-hydrogen) atoms. The molecule has 0 aliphatic carbocycles. The van der Waals surface area contributed by atoms with Crippen LogP contribution in [0.5, 0.6) is 0 Å². The molecular weight excluding hydrogens is 749 g/mol. The lowest BCUT2D eigenvalue weighted by molar-refractivity contribution is 1.23. The lowest BCUT2D eigenvalue weighted by Gasteiger charge is -2.21. The van der Waals surface area contributed by atoms with Crippen molar-refractivity contribution in [3.05, 3.63) is 218 Å². The summed E-state index contributed by atoms with van der Waals surface area (Å²) >= 11 is 0. The molecule has 12 aromatic carbocycles. The maximum atomic E-state index is 5.17. The summed E-state index contributed by atoms with van der Waals surface area (Å²) in [5.41, 5.74) is 8.83. The fourth-order valence-electron chi connectivity index (χ4n) is 10.3. The van der Waals surface area contributed by atoms with E-state index in [1.165, 1.54) is 92.1 Å². The first-order chi connectivity index (χ1) is 30.8. The summed E-state index contributed by atoms with van der Waals surface area (Å²) in [6.45, 7) is 0. The number of rotatable bonds is 4. The largest absolute Gasteiger partial charge is 0.228 e. The average Bonchev–Trinajstić information content (AvgIpc) is 3.34. The summed E-state index contributed by atoms with van der Waals surface area (Å²) in [5.74, 6) is 0.718. The summed E-state index contributed by atoms with van der Waals surface area (Å²) in [6.07, 6.45) is 0. The third kappa shape index (κ3) is 5.17. The molecule has 0 saturated carbocycles. The zero-order valence-electron chi connectivity index (χ0n) is 33.7. The van der Waals surface area contributed by atoms with Crippen molar-refractivity contribution in [2.24, 2.45) is 0 Å². The third-order valence-corrected chi connectivity index (χ3v) is 13.0. The highest BCUT2D eigenvalue weighted by Crippen LogP contribution is 2.49. The Balaban J connectivity index is 1.07. The SMILES string of the molecule is c1ccc(-c2nc(-c3ccc(-c4c5ccccc5c(-c5cc6cccc7c8ccccc8c8ccccc8c8cccc5c8c67)c5ccccc45)cc3)nc3ccccc23)cc1. The summed E-state index contributed by atoms with van der Waals surface area (Å²) in [7, 11) is 0. The molecule has 2 heteroatoms. The highest BCUT2D eigenvalue weighted by molar-refractivity contribution is 6.36. The van der Waals surface area contributed by atoms with Gasteiger partial charge in [0.05, 0.1) is 11.2 Å². The van der Waals surface area contributed by atoms with E-state index in [1.807, 2.05) is 12.1 Å². The lowest BCUT2D eigenvalue weighted by Crippen LogP contribution is -1.95. The second-order valence-corrected chi connectivity index (χ2v) is 16.3. The van der Waals surface area contributed by atoms with Gasteiger partial charge in [0.1, 0.15) is 0 Å². The van der Waals surface area contributed by atoms with E-state index in [4.69, 9.17) is 9.97 Å². The normalized spacial score (nSPS) is 11.9. The van der Waals surface area contributed by atoms with E-state index in [0.29, 0.717) is 0 Å². The van der Waals surface area contributed by atoms with Gasteiger partial charge in [0.2, 0.25) is 0 Å². The van der Waals surface area contributed by atoms with Gasteiger partial charge in [-0.1, -0.05) is 206 Å². The Morgan fingerprint density at radius 1 is 0.258 bits per heavy atom.